The van der Waals surface area contributed by atoms with Gasteiger partial charge in [0.05, 0.1) is 0 Å². The predicted molar refractivity (Wildman–Crippen MR) is 67.0 cm³/mol. The quantitative estimate of drug-likeness (QED) is 0.435. The average Bonchev–Trinajstić information content (AvgIpc) is 2.03. The Morgan fingerprint density at radius 2 is 2.00 bits per heavy atom. The van der Waals surface area contributed by atoms with Gasteiger partial charge in [0.1, 0.15) is 6.29 Å². The molecule has 0 radical (unpaired) electrons. The van der Waals surface area contributed by atoms with E-state index < -0.39 is 0 Å². The summed E-state index contributed by atoms with van der Waals surface area (Å²) in [7, 11) is 0. The van der Waals surface area contributed by atoms with Crippen LogP contribution in [-0.2, 0) is 4.79 Å². The molecule has 3 heteroatoms. The first-order valence-electron chi connectivity index (χ1n) is 3.31. The smallest absolute Gasteiger partial charge is 0.142 e. The van der Waals surface area contributed by atoms with E-state index >= 15 is 0 Å². The lowest BCUT2D eigenvalue weighted by molar-refractivity contribution is -0.104. The van der Waals surface area contributed by atoms with E-state index in [1.165, 1.54) is 9.65 Å². The fourth-order valence-corrected chi connectivity index (χ4v) is 2.56. The Hall–Kier alpha value is 0.0900. The van der Waals surface area contributed by atoms with Crippen molar-refractivity contribution in [2.75, 3.05) is 0 Å². The van der Waals surface area contributed by atoms with Gasteiger partial charge in [-0.15, -0.1) is 0 Å². The van der Waals surface area contributed by atoms with Gasteiger partial charge in [0.15, 0.2) is 0 Å². The van der Waals surface area contributed by atoms with E-state index in [0.717, 1.165) is 15.4 Å². The van der Waals surface area contributed by atoms with Gasteiger partial charge in [-0.05, 0) is 69.0 Å². The molecular formula is C9H6I2O. The highest BCUT2D eigenvalue weighted by Crippen LogP contribution is 2.16. The minimum atomic E-state index is 0.786. The van der Waals surface area contributed by atoms with E-state index in [2.05, 4.69) is 51.2 Å². The second-order valence-corrected chi connectivity index (χ2v) is 4.57. The predicted octanol–water partition coefficient (Wildman–Crippen LogP) is 3.11. The van der Waals surface area contributed by atoms with Gasteiger partial charge in [-0.1, -0.05) is 12.1 Å². The summed E-state index contributed by atoms with van der Waals surface area (Å²) in [6, 6.07) is 6.10. The van der Waals surface area contributed by atoms with Crippen LogP contribution >= 0.6 is 45.2 Å². The van der Waals surface area contributed by atoms with E-state index in [0.29, 0.717) is 0 Å². The highest BCUT2D eigenvalue weighted by Gasteiger charge is 1.95. The van der Waals surface area contributed by atoms with Gasteiger partial charge in [0.2, 0.25) is 0 Å². The molecular weight excluding hydrogens is 378 g/mol. The van der Waals surface area contributed by atoms with Crippen LogP contribution in [0.25, 0.3) is 6.08 Å². The largest absolute Gasteiger partial charge is 0.299 e. The zero-order chi connectivity index (χ0) is 8.97. The van der Waals surface area contributed by atoms with Crippen LogP contribution in [0.4, 0.5) is 0 Å². The molecule has 1 nitrogen and oxygen atoms in total. The monoisotopic (exact) mass is 384 g/mol. The summed E-state index contributed by atoms with van der Waals surface area (Å²) in [5, 5.41) is 0. The van der Waals surface area contributed by atoms with Crippen LogP contribution in [0.3, 0.4) is 0 Å². The van der Waals surface area contributed by atoms with Crippen LogP contribution in [0.2, 0.25) is 0 Å². The summed E-state index contributed by atoms with van der Waals surface area (Å²) >= 11 is 4.52. The molecule has 0 heterocycles. The van der Waals surface area contributed by atoms with Crippen LogP contribution in [0.5, 0.6) is 0 Å². The second-order valence-electron chi connectivity index (χ2n) is 2.16. The van der Waals surface area contributed by atoms with Crippen LogP contribution in [0, 0.1) is 7.14 Å². The molecule has 0 saturated heterocycles. The molecule has 0 saturated carbocycles. The molecule has 0 N–H and O–H groups in total. The number of carbonyl (C=O) groups excluding carboxylic acids is 1. The standard InChI is InChI=1S/C9H6I2O/c10-8-4-3-7(2-1-5-12)9(11)6-8/h1-6H. The van der Waals surface area contributed by atoms with Gasteiger partial charge >= 0.3 is 0 Å². The molecule has 12 heavy (non-hydrogen) atoms. The average molecular weight is 384 g/mol. The molecule has 0 aliphatic rings. The molecule has 0 fully saturated rings. The number of allylic oxidation sites excluding steroid dienone is 1. The van der Waals surface area contributed by atoms with Gasteiger partial charge in [-0.3, -0.25) is 4.79 Å². The normalized spacial score (nSPS) is 10.5. The van der Waals surface area contributed by atoms with Crippen LogP contribution in [0.15, 0.2) is 24.3 Å². The fourth-order valence-electron chi connectivity index (χ4n) is 0.780. The van der Waals surface area contributed by atoms with E-state index in [9.17, 15) is 4.79 Å². The number of halogens is 2. The van der Waals surface area contributed by atoms with E-state index in [-0.39, 0.29) is 0 Å². The lowest BCUT2D eigenvalue weighted by Crippen LogP contribution is -1.80. The Morgan fingerprint density at radius 3 is 2.58 bits per heavy atom. The minimum Gasteiger partial charge on any atom is -0.299 e. The summed E-state index contributed by atoms with van der Waals surface area (Å²) < 4.78 is 2.37. The van der Waals surface area contributed by atoms with Crippen molar-refractivity contribution < 1.29 is 4.79 Å². The summed E-state index contributed by atoms with van der Waals surface area (Å²) in [6.45, 7) is 0. The number of hydrogen-bond donors (Lipinski definition) is 0. The number of hydrogen-bond acceptors (Lipinski definition) is 1. The zero-order valence-electron chi connectivity index (χ0n) is 6.13. The van der Waals surface area contributed by atoms with Crippen molar-refractivity contribution in [2.24, 2.45) is 0 Å². The topological polar surface area (TPSA) is 17.1 Å². The van der Waals surface area contributed by atoms with Crippen LogP contribution < -0.4 is 0 Å². The van der Waals surface area contributed by atoms with Crippen molar-refractivity contribution in [1.29, 1.82) is 0 Å². The maximum Gasteiger partial charge on any atom is 0.142 e. The first-order valence-corrected chi connectivity index (χ1v) is 5.46. The van der Waals surface area contributed by atoms with Gasteiger partial charge in [-0.2, -0.15) is 0 Å². The third-order valence-electron chi connectivity index (χ3n) is 1.32. The molecule has 0 aliphatic carbocycles. The Balaban J connectivity index is 3.01. The Labute approximate surface area is 98.5 Å². The van der Waals surface area contributed by atoms with E-state index in [1.807, 2.05) is 18.2 Å². The molecule has 0 amide bonds. The zero-order valence-corrected chi connectivity index (χ0v) is 10.4. The summed E-state index contributed by atoms with van der Waals surface area (Å²) in [4.78, 5) is 10.1. The first-order chi connectivity index (χ1) is 5.74. The number of rotatable bonds is 2. The Morgan fingerprint density at radius 1 is 1.25 bits per heavy atom. The third kappa shape index (κ3) is 2.85. The highest BCUT2D eigenvalue weighted by molar-refractivity contribution is 14.1. The summed E-state index contributed by atoms with van der Waals surface area (Å²) in [5.41, 5.74) is 1.09. The molecule has 0 atom stereocenters. The molecule has 1 aromatic rings. The minimum absolute atomic E-state index is 0.786. The summed E-state index contributed by atoms with van der Waals surface area (Å²) in [6.07, 6.45) is 4.10. The van der Waals surface area contributed by atoms with Crippen molar-refractivity contribution in [3.8, 4) is 0 Å². The maximum absolute atomic E-state index is 10.1. The first kappa shape index (κ1) is 10.2. The lowest BCUT2D eigenvalue weighted by Gasteiger charge is -1.97. The van der Waals surface area contributed by atoms with E-state index in [4.69, 9.17) is 0 Å². The number of carbonyl (C=O) groups is 1. The van der Waals surface area contributed by atoms with E-state index in [1.54, 1.807) is 0 Å². The van der Waals surface area contributed by atoms with Crippen molar-refractivity contribution in [3.63, 3.8) is 0 Å². The lowest BCUT2D eigenvalue weighted by atomic mass is 10.2. The molecule has 0 unspecified atom stereocenters. The van der Waals surface area contributed by atoms with Crippen molar-refractivity contribution in [2.45, 2.75) is 0 Å². The molecule has 0 aliphatic heterocycles. The number of aldehydes is 1. The van der Waals surface area contributed by atoms with Gasteiger partial charge < -0.3 is 0 Å². The fraction of sp³-hybridized carbons (Fsp3) is 0. The van der Waals surface area contributed by atoms with Gasteiger partial charge in [-0.25, -0.2) is 0 Å². The van der Waals surface area contributed by atoms with Crippen molar-refractivity contribution in [3.05, 3.63) is 37.0 Å². The molecule has 0 spiro atoms. The van der Waals surface area contributed by atoms with Crippen molar-refractivity contribution >= 4 is 57.5 Å². The highest BCUT2D eigenvalue weighted by atomic mass is 127. The van der Waals surface area contributed by atoms with Gasteiger partial charge in [0.25, 0.3) is 0 Å². The molecule has 0 bridgehead atoms. The molecule has 0 aromatic heterocycles. The summed E-state index contributed by atoms with van der Waals surface area (Å²) in [5.74, 6) is 0. The van der Waals surface area contributed by atoms with Gasteiger partial charge in [0, 0.05) is 7.14 Å². The second kappa shape index (κ2) is 4.96. The van der Waals surface area contributed by atoms with Crippen LogP contribution in [0.1, 0.15) is 5.56 Å². The van der Waals surface area contributed by atoms with Crippen LogP contribution in [-0.4, -0.2) is 6.29 Å². The van der Waals surface area contributed by atoms with Crippen molar-refractivity contribution in [1.82, 2.24) is 0 Å². The Bertz CT molecular complexity index is 318. The third-order valence-corrected chi connectivity index (χ3v) is 2.92. The molecule has 1 rings (SSSR count). The maximum atomic E-state index is 10.1. The SMILES string of the molecule is O=CC=Cc1ccc(I)cc1I. The Kier molecular flexibility index (Phi) is 4.20. The molecule has 62 valence electrons. The number of benzene rings is 1. The molecule has 1 aromatic carbocycles.